The van der Waals surface area contributed by atoms with Crippen LogP contribution in [0.25, 0.3) is 21.5 Å². The summed E-state index contributed by atoms with van der Waals surface area (Å²) in [6, 6.07) is 11.4. The number of nitrogens with one attached hydrogen (secondary N) is 1. The van der Waals surface area contributed by atoms with E-state index in [0.29, 0.717) is 31.2 Å². The first-order valence-corrected chi connectivity index (χ1v) is 11.4. The van der Waals surface area contributed by atoms with Gasteiger partial charge < -0.3 is 19.6 Å². The number of aromatic amines is 1. The molecule has 8 heteroatoms. The summed E-state index contributed by atoms with van der Waals surface area (Å²) in [5.74, 6) is -0.119. The lowest BCUT2D eigenvalue weighted by Crippen LogP contribution is -2.07. The van der Waals surface area contributed by atoms with Crippen LogP contribution in [0.15, 0.2) is 48.0 Å². The van der Waals surface area contributed by atoms with Crippen molar-refractivity contribution in [3.8, 4) is 22.2 Å². The number of H-pyrrole nitrogens is 1. The molecule has 2 N–H and O–H groups in total. The average molecular weight is 452 g/mol. The van der Waals surface area contributed by atoms with Gasteiger partial charge in [0, 0.05) is 46.2 Å². The van der Waals surface area contributed by atoms with Crippen LogP contribution in [-0.4, -0.2) is 39.2 Å². The van der Waals surface area contributed by atoms with Crippen LogP contribution < -0.4 is 9.47 Å². The molecule has 1 unspecified atom stereocenters. The van der Waals surface area contributed by atoms with Gasteiger partial charge >= 0.3 is 5.97 Å². The summed E-state index contributed by atoms with van der Waals surface area (Å²) in [6.45, 7) is 4.75. The van der Waals surface area contributed by atoms with E-state index >= 15 is 0 Å². The Hall–Kier alpha value is -3.39. The summed E-state index contributed by atoms with van der Waals surface area (Å²) < 4.78 is 11.5. The van der Waals surface area contributed by atoms with Crippen LogP contribution in [0.4, 0.5) is 0 Å². The smallest absolute Gasteiger partial charge is 0.312 e. The molecule has 1 atom stereocenters. The first-order chi connectivity index (χ1) is 15.5. The molecule has 0 spiro atoms. The monoisotopic (exact) mass is 451 g/mol. The third-order valence-electron chi connectivity index (χ3n) is 5.15. The second kappa shape index (κ2) is 9.82. The molecule has 0 saturated carbocycles. The molecule has 4 aromatic rings. The topological polar surface area (TPSA) is 97.3 Å². The van der Waals surface area contributed by atoms with Crippen molar-refractivity contribution in [2.45, 2.75) is 32.6 Å². The molecule has 3 aromatic heterocycles. The minimum atomic E-state index is -0.856. The largest absolute Gasteiger partial charge is 0.493 e. The molecular weight excluding hydrogens is 426 g/mol. The van der Waals surface area contributed by atoms with E-state index in [-0.39, 0.29) is 0 Å². The van der Waals surface area contributed by atoms with Crippen molar-refractivity contribution in [2.75, 3.05) is 13.2 Å². The third kappa shape index (κ3) is 5.08. The molecule has 4 rings (SSSR count). The van der Waals surface area contributed by atoms with Gasteiger partial charge in [-0.15, -0.1) is 11.3 Å². The zero-order valence-electron chi connectivity index (χ0n) is 18.0. The van der Waals surface area contributed by atoms with Crippen molar-refractivity contribution in [3.63, 3.8) is 0 Å². The van der Waals surface area contributed by atoms with Gasteiger partial charge in [-0.25, -0.2) is 9.97 Å². The Kier molecular flexibility index (Phi) is 6.70. The Morgan fingerprint density at radius 3 is 2.75 bits per heavy atom. The van der Waals surface area contributed by atoms with Gasteiger partial charge in [0.25, 0.3) is 0 Å². The highest BCUT2D eigenvalue weighted by atomic mass is 32.1. The summed E-state index contributed by atoms with van der Waals surface area (Å²) in [5.41, 5.74) is 3.65. The molecule has 0 aliphatic heterocycles. The zero-order chi connectivity index (χ0) is 22.5. The Morgan fingerprint density at radius 1 is 1.19 bits per heavy atom. The maximum Gasteiger partial charge on any atom is 0.312 e. The number of aryl methyl sites for hydroxylation is 1. The molecule has 0 aliphatic rings. The summed E-state index contributed by atoms with van der Waals surface area (Å²) in [7, 11) is 0. The van der Waals surface area contributed by atoms with Gasteiger partial charge in [0.15, 0.2) is 0 Å². The number of thiazole rings is 1. The van der Waals surface area contributed by atoms with Crippen molar-refractivity contribution in [1.29, 1.82) is 0 Å². The summed E-state index contributed by atoms with van der Waals surface area (Å²) in [5, 5.41) is 13.1. The predicted molar refractivity (Wildman–Crippen MR) is 125 cm³/mol. The number of rotatable bonds is 10. The summed E-state index contributed by atoms with van der Waals surface area (Å²) in [4.78, 5) is 23.3. The lowest BCUT2D eigenvalue weighted by Gasteiger charge is -2.08. The van der Waals surface area contributed by atoms with Crippen LogP contribution in [0.3, 0.4) is 0 Å². The number of carbonyl (C=O) groups is 1. The number of nitrogens with zero attached hydrogens (tertiary/aromatic N) is 2. The van der Waals surface area contributed by atoms with Gasteiger partial charge in [0.05, 0.1) is 24.8 Å². The van der Waals surface area contributed by atoms with Crippen LogP contribution in [0.5, 0.6) is 11.6 Å². The number of fused-ring (bicyclic) bond motifs is 1. The highest BCUT2D eigenvalue weighted by Crippen LogP contribution is 2.26. The maximum absolute atomic E-state index is 11.2. The maximum atomic E-state index is 11.2. The van der Waals surface area contributed by atoms with Crippen LogP contribution in [0, 0.1) is 0 Å². The lowest BCUT2D eigenvalue weighted by molar-refractivity contribution is -0.138. The minimum absolute atomic E-state index is 0.496. The minimum Gasteiger partial charge on any atom is -0.493 e. The van der Waals surface area contributed by atoms with E-state index in [9.17, 15) is 9.90 Å². The molecule has 1 aromatic carbocycles. The summed E-state index contributed by atoms with van der Waals surface area (Å²) >= 11 is 1.62. The number of carboxylic acids is 1. The number of carboxylic acid groups (broad SMARTS) is 1. The van der Waals surface area contributed by atoms with Gasteiger partial charge in [-0.1, -0.05) is 6.92 Å². The zero-order valence-corrected chi connectivity index (χ0v) is 18.8. The molecule has 0 saturated heterocycles. The second-order valence-corrected chi connectivity index (χ2v) is 8.32. The van der Waals surface area contributed by atoms with E-state index < -0.39 is 11.9 Å². The number of ether oxygens (including phenoxy) is 2. The first-order valence-electron chi connectivity index (χ1n) is 10.6. The summed E-state index contributed by atoms with van der Waals surface area (Å²) in [6.07, 6.45) is 3.43. The van der Waals surface area contributed by atoms with E-state index in [4.69, 9.17) is 9.47 Å². The van der Waals surface area contributed by atoms with Crippen molar-refractivity contribution in [2.24, 2.45) is 0 Å². The molecular formula is C24H25N3O4S. The fraction of sp³-hybridized carbons (Fsp3) is 0.292. The van der Waals surface area contributed by atoms with Crippen LogP contribution in [-0.2, 0) is 11.2 Å². The first kappa shape index (κ1) is 21.8. The van der Waals surface area contributed by atoms with Crippen LogP contribution in [0.1, 0.15) is 37.6 Å². The highest BCUT2D eigenvalue weighted by Gasteiger charge is 2.16. The van der Waals surface area contributed by atoms with Gasteiger partial charge in [-0.05, 0) is 43.7 Å². The van der Waals surface area contributed by atoms with Gasteiger partial charge in [-0.3, -0.25) is 4.79 Å². The number of aliphatic carboxylic acids is 1. The Balaban J connectivity index is 1.24. The molecule has 166 valence electrons. The molecule has 3 heterocycles. The van der Waals surface area contributed by atoms with Crippen LogP contribution in [0.2, 0.25) is 0 Å². The number of hydrogen-bond donors (Lipinski definition) is 2. The van der Waals surface area contributed by atoms with Crippen LogP contribution >= 0.6 is 11.3 Å². The second-order valence-electron chi connectivity index (χ2n) is 7.47. The third-order valence-corrected chi connectivity index (χ3v) is 6.09. The molecule has 0 aliphatic carbocycles. The van der Waals surface area contributed by atoms with Gasteiger partial charge in [0.1, 0.15) is 10.8 Å². The fourth-order valence-corrected chi connectivity index (χ4v) is 4.10. The van der Waals surface area contributed by atoms with Crippen molar-refractivity contribution >= 4 is 28.2 Å². The standard InChI is InChI=1S/C24H25N3O4S/c1-3-18-14-32-23(26-18)16-5-8-22(25-13-16)31-10-4-9-30-19-6-7-20-17(11-19)12-21(27-20)15(2)24(28)29/h5-8,11-15,27H,3-4,9-10H2,1-2H3,(H,28,29). The van der Waals surface area contributed by atoms with Crippen molar-refractivity contribution in [3.05, 3.63) is 59.4 Å². The average Bonchev–Trinajstić information content (AvgIpc) is 3.45. The Bertz CT molecular complexity index is 1200. The molecule has 0 bridgehead atoms. The number of aromatic nitrogens is 3. The van der Waals surface area contributed by atoms with Gasteiger partial charge in [0.2, 0.25) is 5.88 Å². The van der Waals surface area contributed by atoms with Crippen molar-refractivity contribution < 1.29 is 19.4 Å². The molecule has 0 fully saturated rings. The SMILES string of the molecule is CCc1csc(-c2ccc(OCCCOc3ccc4[nH]c(C(C)C(=O)O)cc4c3)nc2)n1. The molecule has 7 nitrogen and oxygen atoms in total. The van der Waals surface area contributed by atoms with E-state index in [1.54, 1.807) is 24.5 Å². The van der Waals surface area contributed by atoms with Gasteiger partial charge in [-0.2, -0.15) is 0 Å². The fourth-order valence-electron chi connectivity index (χ4n) is 3.21. The van der Waals surface area contributed by atoms with E-state index in [0.717, 1.165) is 39.3 Å². The molecule has 0 radical (unpaired) electrons. The van der Waals surface area contributed by atoms with E-state index in [1.807, 2.05) is 36.4 Å². The number of benzene rings is 1. The molecule has 0 amide bonds. The Labute approximate surface area is 190 Å². The quantitative estimate of drug-likeness (QED) is 0.318. The molecule has 32 heavy (non-hydrogen) atoms. The lowest BCUT2D eigenvalue weighted by atomic mass is 10.1. The van der Waals surface area contributed by atoms with E-state index in [1.165, 1.54) is 0 Å². The van der Waals surface area contributed by atoms with Crippen molar-refractivity contribution in [1.82, 2.24) is 15.0 Å². The number of hydrogen-bond acceptors (Lipinski definition) is 6. The number of pyridine rings is 1. The Morgan fingerprint density at radius 2 is 2.03 bits per heavy atom. The highest BCUT2D eigenvalue weighted by molar-refractivity contribution is 7.13. The predicted octanol–water partition coefficient (Wildman–Crippen LogP) is 5.28. The normalized spacial score (nSPS) is 12.1. The van der Waals surface area contributed by atoms with E-state index in [2.05, 4.69) is 27.3 Å².